The van der Waals surface area contributed by atoms with Crippen LogP contribution in [0.1, 0.15) is 86.8 Å². The van der Waals surface area contributed by atoms with Gasteiger partial charge in [0, 0.05) is 23.7 Å². The highest BCUT2D eigenvalue weighted by Crippen LogP contribution is 2.43. The first-order chi connectivity index (χ1) is 17.3. The lowest BCUT2D eigenvalue weighted by Crippen LogP contribution is -2.43. The molecule has 0 amide bonds. The Kier molecular flexibility index (Phi) is 8.11. The summed E-state index contributed by atoms with van der Waals surface area (Å²) in [5.41, 5.74) is 5.31. The van der Waals surface area contributed by atoms with Crippen LogP contribution in [0.2, 0.25) is 5.02 Å². The molecule has 6 nitrogen and oxygen atoms in total. The maximum atomic E-state index is 13.6. The largest absolute Gasteiger partial charge is 0.479 e. The number of fused-ring (bicyclic) bond motifs is 1. The summed E-state index contributed by atoms with van der Waals surface area (Å²) in [5.74, 6) is -1.05. The molecule has 1 saturated carbocycles. The molecule has 0 radical (unpaired) electrons. The smallest absolute Gasteiger partial charge is 0.337 e. The lowest BCUT2D eigenvalue weighted by Gasteiger charge is -2.36. The van der Waals surface area contributed by atoms with Crippen molar-refractivity contribution in [1.82, 2.24) is 4.31 Å². The van der Waals surface area contributed by atoms with Gasteiger partial charge in [0.2, 0.25) is 10.0 Å². The van der Waals surface area contributed by atoms with E-state index in [1.165, 1.54) is 0 Å². The molecule has 37 heavy (non-hydrogen) atoms. The highest BCUT2D eigenvalue weighted by Gasteiger charge is 2.38. The number of sulfonamides is 1. The Morgan fingerprint density at radius 2 is 1.68 bits per heavy atom. The van der Waals surface area contributed by atoms with Gasteiger partial charge in [0.1, 0.15) is 0 Å². The van der Waals surface area contributed by atoms with E-state index < -0.39 is 27.7 Å². The number of halogens is 1. The second kappa shape index (κ2) is 10.7. The SMILES string of the molecule is Cc1c2c(c(C)c(C(OC(C)(C)C)C(=O)O)c1-c1ccc(Cl)cc1)CCN(S(=O)(=O)C1CCCCC1)C2. The van der Waals surface area contributed by atoms with Gasteiger partial charge >= 0.3 is 5.97 Å². The van der Waals surface area contributed by atoms with Crippen molar-refractivity contribution in [1.29, 1.82) is 0 Å². The van der Waals surface area contributed by atoms with Crippen molar-refractivity contribution < 1.29 is 23.1 Å². The number of hydrogen-bond donors (Lipinski definition) is 1. The predicted molar refractivity (Wildman–Crippen MR) is 147 cm³/mol. The third kappa shape index (κ3) is 5.75. The van der Waals surface area contributed by atoms with E-state index in [0.717, 1.165) is 65.5 Å². The van der Waals surface area contributed by atoms with Crippen LogP contribution in [0, 0.1) is 13.8 Å². The van der Waals surface area contributed by atoms with Crippen LogP contribution in [0.5, 0.6) is 0 Å². The molecular weight excluding hydrogens is 510 g/mol. The van der Waals surface area contributed by atoms with E-state index in [1.54, 1.807) is 16.4 Å². The first-order valence-electron chi connectivity index (χ1n) is 13.1. The van der Waals surface area contributed by atoms with E-state index in [0.29, 0.717) is 30.1 Å². The summed E-state index contributed by atoms with van der Waals surface area (Å²) in [6, 6.07) is 7.34. The monoisotopic (exact) mass is 547 g/mol. The van der Waals surface area contributed by atoms with Crippen LogP contribution in [-0.4, -0.2) is 41.2 Å². The fourth-order valence-electron chi connectivity index (χ4n) is 5.89. The predicted octanol–water partition coefficient (Wildman–Crippen LogP) is 6.59. The summed E-state index contributed by atoms with van der Waals surface area (Å²) in [7, 11) is -3.41. The van der Waals surface area contributed by atoms with Crippen LogP contribution >= 0.6 is 11.6 Å². The second-order valence-electron chi connectivity index (χ2n) is 11.3. The average Bonchev–Trinajstić information content (AvgIpc) is 2.85. The fraction of sp³-hybridized carbons (Fsp3) is 0.552. The number of nitrogens with zero attached hydrogens (tertiary/aromatic N) is 1. The van der Waals surface area contributed by atoms with Crippen LogP contribution in [-0.2, 0) is 32.5 Å². The lowest BCUT2D eigenvalue weighted by molar-refractivity contribution is -0.160. The third-order valence-corrected chi connectivity index (χ3v) is 10.3. The second-order valence-corrected chi connectivity index (χ2v) is 14.0. The molecule has 4 rings (SSSR count). The Labute approximate surface area is 226 Å². The van der Waals surface area contributed by atoms with Gasteiger partial charge in [-0.2, -0.15) is 4.31 Å². The van der Waals surface area contributed by atoms with Crippen LogP contribution in [0.4, 0.5) is 0 Å². The zero-order valence-corrected chi connectivity index (χ0v) is 24.0. The van der Waals surface area contributed by atoms with E-state index in [9.17, 15) is 18.3 Å². The number of aliphatic carboxylic acids is 1. The Hall–Kier alpha value is -1.93. The summed E-state index contributed by atoms with van der Waals surface area (Å²) in [6.45, 7) is 10.2. The van der Waals surface area contributed by atoms with Gasteiger partial charge in [-0.15, -0.1) is 0 Å². The zero-order chi connectivity index (χ0) is 27.1. The van der Waals surface area contributed by atoms with E-state index in [-0.39, 0.29) is 5.25 Å². The fourth-order valence-corrected chi connectivity index (χ4v) is 8.03. The number of carboxylic acids is 1. The van der Waals surface area contributed by atoms with E-state index in [1.807, 2.05) is 46.8 Å². The molecule has 0 aromatic heterocycles. The molecule has 2 aliphatic rings. The molecule has 1 atom stereocenters. The number of carboxylic acid groups (broad SMARTS) is 1. The number of rotatable bonds is 6. The van der Waals surface area contributed by atoms with Crippen molar-refractivity contribution in [2.45, 2.75) is 96.6 Å². The minimum atomic E-state index is -3.41. The van der Waals surface area contributed by atoms with E-state index >= 15 is 0 Å². The van der Waals surface area contributed by atoms with Gasteiger partial charge < -0.3 is 9.84 Å². The molecule has 1 N–H and O–H groups in total. The van der Waals surface area contributed by atoms with Crippen LogP contribution in [0.25, 0.3) is 11.1 Å². The highest BCUT2D eigenvalue weighted by atomic mass is 35.5. The van der Waals surface area contributed by atoms with Crippen molar-refractivity contribution in [2.24, 2.45) is 0 Å². The van der Waals surface area contributed by atoms with Gasteiger partial charge in [0.25, 0.3) is 0 Å². The molecule has 2 aromatic rings. The molecule has 0 saturated heterocycles. The van der Waals surface area contributed by atoms with Crippen molar-refractivity contribution in [3.8, 4) is 11.1 Å². The third-order valence-electron chi connectivity index (χ3n) is 7.69. The standard InChI is InChI=1S/C29H38ClNO5S/c1-18-23-15-16-31(37(34,35)22-9-7-6-8-10-22)17-24(23)19(2)25(20-11-13-21(30)14-12-20)26(18)27(28(32)33)36-29(3,4)5/h11-14,22,27H,6-10,15-17H2,1-5H3,(H,32,33). The van der Waals surface area contributed by atoms with Crippen molar-refractivity contribution in [3.05, 3.63) is 57.1 Å². The Morgan fingerprint density at radius 1 is 1.05 bits per heavy atom. The average molecular weight is 548 g/mol. The first-order valence-corrected chi connectivity index (χ1v) is 15.0. The number of ether oxygens (including phenoxy) is 1. The molecule has 1 aliphatic carbocycles. The van der Waals surface area contributed by atoms with Gasteiger partial charge in [-0.05, 0) is 99.4 Å². The van der Waals surface area contributed by atoms with Crippen molar-refractivity contribution in [3.63, 3.8) is 0 Å². The highest BCUT2D eigenvalue weighted by molar-refractivity contribution is 7.89. The number of benzene rings is 2. The summed E-state index contributed by atoms with van der Waals surface area (Å²) in [4.78, 5) is 12.6. The minimum Gasteiger partial charge on any atom is -0.479 e. The molecule has 1 aliphatic heterocycles. The lowest BCUT2D eigenvalue weighted by atomic mass is 9.80. The molecule has 0 bridgehead atoms. The summed E-state index contributed by atoms with van der Waals surface area (Å²) < 4.78 is 34.9. The maximum absolute atomic E-state index is 13.6. The number of hydrogen-bond acceptors (Lipinski definition) is 4. The van der Waals surface area contributed by atoms with Gasteiger partial charge in [-0.25, -0.2) is 13.2 Å². The molecular formula is C29H38ClNO5S. The van der Waals surface area contributed by atoms with Gasteiger partial charge in [0.15, 0.2) is 6.10 Å². The Balaban J connectivity index is 1.88. The molecule has 202 valence electrons. The normalized spacial score (nSPS) is 18.4. The molecule has 1 fully saturated rings. The summed E-state index contributed by atoms with van der Waals surface area (Å²) in [5, 5.41) is 10.6. The summed E-state index contributed by atoms with van der Waals surface area (Å²) in [6.07, 6.45) is 3.85. The maximum Gasteiger partial charge on any atom is 0.337 e. The molecule has 2 aromatic carbocycles. The molecule has 0 spiro atoms. The van der Waals surface area contributed by atoms with Crippen LogP contribution in [0.3, 0.4) is 0 Å². The minimum absolute atomic E-state index is 0.305. The molecule has 1 heterocycles. The van der Waals surface area contributed by atoms with E-state index in [4.69, 9.17) is 16.3 Å². The van der Waals surface area contributed by atoms with Crippen LogP contribution < -0.4 is 0 Å². The number of carbonyl (C=O) groups is 1. The summed E-state index contributed by atoms with van der Waals surface area (Å²) >= 11 is 6.18. The van der Waals surface area contributed by atoms with Crippen molar-refractivity contribution in [2.75, 3.05) is 6.54 Å². The Morgan fingerprint density at radius 3 is 2.24 bits per heavy atom. The van der Waals surface area contributed by atoms with Crippen LogP contribution in [0.15, 0.2) is 24.3 Å². The van der Waals surface area contributed by atoms with Gasteiger partial charge in [-0.3, -0.25) is 0 Å². The quantitative estimate of drug-likeness (QED) is 0.441. The topological polar surface area (TPSA) is 83.9 Å². The van der Waals surface area contributed by atoms with Crippen molar-refractivity contribution >= 4 is 27.6 Å². The first kappa shape index (κ1) is 28.1. The van der Waals surface area contributed by atoms with E-state index in [2.05, 4.69) is 0 Å². The Bertz CT molecular complexity index is 1280. The van der Waals surface area contributed by atoms with Gasteiger partial charge in [-0.1, -0.05) is 43.0 Å². The zero-order valence-electron chi connectivity index (χ0n) is 22.4. The molecule has 8 heteroatoms. The molecule has 1 unspecified atom stereocenters. The van der Waals surface area contributed by atoms with Gasteiger partial charge in [0.05, 0.1) is 10.9 Å².